The number of carboxylic acids is 1. The van der Waals surface area contributed by atoms with Crippen molar-refractivity contribution >= 4 is 33.7 Å². The topological polar surface area (TPSA) is 107 Å². The molecule has 0 aromatic carbocycles. The summed E-state index contributed by atoms with van der Waals surface area (Å²) in [7, 11) is 0. The van der Waals surface area contributed by atoms with Crippen LogP contribution < -0.4 is 0 Å². The maximum atomic E-state index is 13.8. The smallest absolute Gasteiger partial charge is 0.310 e. The number of aliphatic carboxylic acids is 1. The molecule has 0 radical (unpaired) electrons. The minimum Gasteiger partial charge on any atom is -0.481 e. The van der Waals surface area contributed by atoms with Gasteiger partial charge < -0.3 is 24.7 Å². The van der Waals surface area contributed by atoms with Gasteiger partial charge in [0.1, 0.15) is 11.6 Å². The summed E-state index contributed by atoms with van der Waals surface area (Å²) in [5.41, 5.74) is -1.20. The van der Waals surface area contributed by atoms with Crippen molar-refractivity contribution < 1.29 is 29.3 Å². The number of halogens is 1. The normalized spacial score (nSPS) is 36.2. The largest absolute Gasteiger partial charge is 0.481 e. The van der Waals surface area contributed by atoms with Gasteiger partial charge in [0, 0.05) is 24.0 Å². The van der Waals surface area contributed by atoms with Crippen molar-refractivity contribution in [3.05, 3.63) is 12.7 Å². The van der Waals surface area contributed by atoms with Crippen molar-refractivity contribution in [3.8, 4) is 0 Å². The number of alkyl halides is 1. The number of hydrogen-bond donors (Lipinski definition) is 2. The van der Waals surface area contributed by atoms with Gasteiger partial charge in [0.15, 0.2) is 0 Å². The number of hydrogen-bond acceptors (Lipinski definition) is 5. The summed E-state index contributed by atoms with van der Waals surface area (Å²) in [5.74, 6) is -3.74. The molecule has 9 heteroatoms. The predicted octanol–water partition coefficient (Wildman–Crippen LogP) is 1.01. The van der Waals surface area contributed by atoms with E-state index in [-0.39, 0.29) is 29.9 Å². The van der Waals surface area contributed by atoms with Crippen LogP contribution in [0.25, 0.3) is 0 Å². The monoisotopic (exact) mass is 472 g/mol. The van der Waals surface area contributed by atoms with Gasteiger partial charge in [-0.1, -0.05) is 35.4 Å². The van der Waals surface area contributed by atoms with Gasteiger partial charge in [-0.2, -0.15) is 0 Å². The van der Waals surface area contributed by atoms with Crippen LogP contribution in [0.3, 0.4) is 0 Å². The Morgan fingerprint density at radius 3 is 2.76 bits per heavy atom. The van der Waals surface area contributed by atoms with Crippen LogP contribution in [0.5, 0.6) is 0 Å². The van der Waals surface area contributed by atoms with Gasteiger partial charge in [-0.05, 0) is 19.8 Å². The average molecular weight is 473 g/mol. The molecule has 3 saturated heterocycles. The molecule has 3 aliphatic heterocycles. The highest BCUT2D eigenvalue weighted by molar-refractivity contribution is 9.09. The second-order valence-corrected chi connectivity index (χ2v) is 9.35. The van der Waals surface area contributed by atoms with Crippen molar-refractivity contribution in [2.75, 3.05) is 19.7 Å². The zero-order valence-electron chi connectivity index (χ0n) is 16.8. The summed E-state index contributed by atoms with van der Waals surface area (Å²) >= 11 is 3.50. The Kier molecular flexibility index (Phi) is 6.41. The van der Waals surface area contributed by atoms with Gasteiger partial charge in [-0.3, -0.25) is 14.4 Å². The lowest BCUT2D eigenvalue weighted by molar-refractivity contribution is -0.151. The molecule has 0 aromatic rings. The zero-order valence-corrected chi connectivity index (χ0v) is 18.4. The van der Waals surface area contributed by atoms with E-state index in [9.17, 15) is 24.6 Å². The molecule has 1 spiro atoms. The fourth-order valence-corrected chi connectivity index (χ4v) is 6.34. The van der Waals surface area contributed by atoms with Crippen LogP contribution in [0, 0.1) is 11.8 Å². The van der Waals surface area contributed by atoms with Crippen molar-refractivity contribution in [1.29, 1.82) is 0 Å². The Morgan fingerprint density at radius 1 is 1.52 bits per heavy atom. The molecule has 0 saturated carbocycles. The van der Waals surface area contributed by atoms with Crippen LogP contribution in [-0.2, 0) is 19.1 Å². The SMILES string of the molecule is C=CCN(C(=O)C1N(CCO)C(=O)[C@@H]2[C@H](C(=O)O)[C@H]3OC12CC3Br)C(C)CCC. The number of likely N-dealkylation sites (tertiary alicyclic amines) is 1. The fraction of sp³-hybridized carbons (Fsp3) is 0.750. The number of fused-ring (bicyclic) bond motifs is 1. The van der Waals surface area contributed by atoms with E-state index in [1.165, 1.54) is 4.90 Å². The summed E-state index contributed by atoms with van der Waals surface area (Å²) in [6, 6.07) is -1.03. The molecule has 2 bridgehead atoms. The van der Waals surface area contributed by atoms with Crippen molar-refractivity contribution in [2.24, 2.45) is 11.8 Å². The summed E-state index contributed by atoms with van der Waals surface area (Å²) in [6.07, 6.45) is 3.04. The maximum absolute atomic E-state index is 13.8. The van der Waals surface area contributed by atoms with E-state index < -0.39 is 41.5 Å². The standard InChI is InChI=1S/C20H29BrN2O6/c1-4-6-11(3)22(7-5-2)18(26)16-20-10-12(21)15(29-20)13(19(27)28)14(20)17(25)23(16)8-9-24/h5,11-16,24H,2,4,6-10H2,1,3H3,(H,27,28)/t11?,12?,13-,14-,15-,16?,20?/m0/s1. The van der Waals surface area contributed by atoms with Crippen LogP contribution in [0.1, 0.15) is 33.1 Å². The van der Waals surface area contributed by atoms with Gasteiger partial charge in [0.25, 0.3) is 0 Å². The molecule has 7 atom stereocenters. The number of ether oxygens (including phenoxy) is 1. The summed E-state index contributed by atoms with van der Waals surface area (Å²) in [4.78, 5) is 41.7. The van der Waals surface area contributed by atoms with E-state index in [1.807, 2.05) is 13.8 Å². The minimum atomic E-state index is -1.20. The van der Waals surface area contributed by atoms with E-state index in [4.69, 9.17) is 4.74 Å². The third kappa shape index (κ3) is 3.31. The van der Waals surface area contributed by atoms with Crippen LogP contribution in [-0.4, -0.2) is 86.1 Å². The number of rotatable bonds is 9. The summed E-state index contributed by atoms with van der Waals surface area (Å²) in [6.45, 7) is 7.71. The van der Waals surface area contributed by atoms with Crippen LogP contribution in [0.15, 0.2) is 12.7 Å². The van der Waals surface area contributed by atoms with Crippen LogP contribution in [0.2, 0.25) is 0 Å². The molecule has 3 fully saturated rings. The molecule has 2 N–H and O–H groups in total. The Hall–Kier alpha value is -1.45. The Balaban J connectivity index is 2.05. The second-order valence-electron chi connectivity index (χ2n) is 8.17. The molecule has 0 aliphatic carbocycles. The maximum Gasteiger partial charge on any atom is 0.310 e. The lowest BCUT2D eigenvalue weighted by Crippen LogP contribution is -2.58. The number of aliphatic hydroxyl groups excluding tert-OH is 1. The van der Waals surface area contributed by atoms with Gasteiger partial charge in [-0.25, -0.2) is 0 Å². The third-order valence-electron chi connectivity index (χ3n) is 6.50. The molecule has 3 rings (SSSR count). The Bertz CT molecular complexity index is 702. The van der Waals surface area contributed by atoms with Crippen molar-refractivity contribution in [2.45, 2.75) is 61.7 Å². The first kappa shape index (κ1) is 22.2. The Morgan fingerprint density at radius 2 is 2.21 bits per heavy atom. The molecular weight excluding hydrogens is 444 g/mol. The number of carbonyl (C=O) groups excluding carboxylic acids is 2. The number of carboxylic acid groups (broad SMARTS) is 1. The predicted molar refractivity (Wildman–Crippen MR) is 108 cm³/mol. The van der Waals surface area contributed by atoms with E-state index >= 15 is 0 Å². The van der Waals surface area contributed by atoms with E-state index in [2.05, 4.69) is 22.5 Å². The molecule has 4 unspecified atom stereocenters. The quantitative estimate of drug-likeness (QED) is 0.383. The van der Waals surface area contributed by atoms with Crippen LogP contribution >= 0.6 is 15.9 Å². The number of carbonyl (C=O) groups is 3. The highest BCUT2D eigenvalue weighted by Gasteiger charge is 2.76. The molecule has 0 aromatic heterocycles. The second kappa shape index (κ2) is 8.35. The van der Waals surface area contributed by atoms with Crippen molar-refractivity contribution in [1.82, 2.24) is 9.80 Å². The molecular formula is C20H29BrN2O6. The molecule has 29 heavy (non-hydrogen) atoms. The van der Waals surface area contributed by atoms with Gasteiger partial charge in [-0.15, -0.1) is 6.58 Å². The highest BCUT2D eigenvalue weighted by atomic mass is 79.9. The first-order valence-corrected chi connectivity index (χ1v) is 11.0. The molecule has 3 aliphatic rings. The minimum absolute atomic E-state index is 0.0368. The summed E-state index contributed by atoms with van der Waals surface area (Å²) < 4.78 is 6.17. The van der Waals surface area contributed by atoms with Gasteiger partial charge >= 0.3 is 5.97 Å². The number of amides is 2. The average Bonchev–Trinajstić information content (AvgIpc) is 3.24. The Labute approximate surface area is 179 Å². The van der Waals surface area contributed by atoms with Crippen LogP contribution in [0.4, 0.5) is 0 Å². The van der Waals surface area contributed by atoms with E-state index in [1.54, 1.807) is 11.0 Å². The van der Waals surface area contributed by atoms with E-state index in [0.29, 0.717) is 13.0 Å². The first-order valence-electron chi connectivity index (χ1n) is 10.1. The molecule has 162 valence electrons. The third-order valence-corrected chi connectivity index (χ3v) is 7.34. The van der Waals surface area contributed by atoms with Gasteiger partial charge in [0.05, 0.1) is 24.5 Å². The lowest BCUT2D eigenvalue weighted by atomic mass is 9.70. The fourth-order valence-electron chi connectivity index (χ4n) is 5.40. The number of nitrogens with zero attached hydrogens (tertiary/aromatic N) is 2. The molecule has 2 amide bonds. The molecule has 3 heterocycles. The number of aliphatic hydroxyl groups is 1. The van der Waals surface area contributed by atoms with Gasteiger partial charge in [0.2, 0.25) is 11.8 Å². The molecule has 8 nitrogen and oxygen atoms in total. The zero-order chi connectivity index (χ0) is 21.5. The summed E-state index contributed by atoms with van der Waals surface area (Å²) in [5, 5.41) is 19.3. The van der Waals surface area contributed by atoms with Crippen molar-refractivity contribution in [3.63, 3.8) is 0 Å². The number of β-amino-alcohol motifs (C(OH)–C–C–N with tert-alkyl or cyclic N) is 1. The van der Waals surface area contributed by atoms with E-state index in [0.717, 1.165) is 12.8 Å². The lowest BCUT2D eigenvalue weighted by Gasteiger charge is -2.38. The first-order chi connectivity index (χ1) is 13.7. The highest BCUT2D eigenvalue weighted by Crippen LogP contribution is 2.60.